The highest BCUT2D eigenvalue weighted by Crippen LogP contribution is 2.33. The molecule has 5 rings (SSSR count). The molecule has 0 bridgehead atoms. The van der Waals surface area contributed by atoms with E-state index in [2.05, 4.69) is 26.0 Å². The molecule has 13 nitrogen and oxygen atoms in total. The number of carbonyl (C=O) groups is 3. The summed E-state index contributed by atoms with van der Waals surface area (Å²) in [5, 5.41) is 11.5. The molecule has 0 spiro atoms. The zero-order chi connectivity index (χ0) is 34.7. The van der Waals surface area contributed by atoms with Gasteiger partial charge in [0, 0.05) is 31.5 Å². The summed E-state index contributed by atoms with van der Waals surface area (Å²) < 4.78 is 61.3. The summed E-state index contributed by atoms with van der Waals surface area (Å²) >= 11 is 6.03. The minimum Gasteiger partial charge on any atom is -0.388 e. The number of halogens is 5. The van der Waals surface area contributed by atoms with E-state index in [-0.39, 0.29) is 40.1 Å². The van der Waals surface area contributed by atoms with E-state index in [0.29, 0.717) is 38.1 Å². The summed E-state index contributed by atoms with van der Waals surface area (Å²) in [6.45, 7) is 1.92. The maximum atomic E-state index is 14.4. The second kappa shape index (κ2) is 14.0. The number of hydrogen-bond donors (Lipinski definition) is 3. The van der Waals surface area contributed by atoms with Gasteiger partial charge in [-0.1, -0.05) is 18.5 Å². The first-order chi connectivity index (χ1) is 22.8. The van der Waals surface area contributed by atoms with Gasteiger partial charge in [0.05, 0.1) is 41.6 Å². The van der Waals surface area contributed by atoms with Crippen molar-refractivity contribution in [3.63, 3.8) is 0 Å². The molecule has 0 radical (unpaired) electrons. The van der Waals surface area contributed by atoms with Crippen LogP contribution in [-0.4, -0.2) is 76.7 Å². The molecule has 3 heterocycles. The number of hydrogen-bond acceptors (Lipinski definition) is 9. The number of nitrogens with zero attached hydrogens (tertiary/aromatic N) is 5. The molecule has 0 aliphatic carbocycles. The molecule has 2 aromatic carbocycles. The third kappa shape index (κ3) is 7.11. The SMILES string of the molecule is CCc1c(C(=O)CNC(=O)c2cc(NC)ccc2F)c(=O)n2nc(N3CCOCC3)nc2n1CC(=O)Nc1ccc(C(F)(F)F)cc1Cl. The monoisotopic (exact) mass is 692 g/mol. The Hall–Kier alpha value is -5.03. The van der Waals surface area contributed by atoms with Crippen LogP contribution < -0.4 is 26.4 Å². The summed E-state index contributed by atoms with van der Waals surface area (Å²) in [6.07, 6.45) is -4.61. The fraction of sp³-hybridized carbons (Fsp3) is 0.333. The average Bonchev–Trinajstić information content (AvgIpc) is 3.52. The first-order valence-electron chi connectivity index (χ1n) is 14.6. The molecule has 1 saturated heterocycles. The lowest BCUT2D eigenvalue weighted by molar-refractivity contribution is -0.137. The Balaban J connectivity index is 1.51. The van der Waals surface area contributed by atoms with Gasteiger partial charge >= 0.3 is 6.18 Å². The van der Waals surface area contributed by atoms with Gasteiger partial charge in [-0.3, -0.25) is 19.2 Å². The molecule has 0 unspecified atom stereocenters. The quantitative estimate of drug-likeness (QED) is 0.168. The molecule has 1 aliphatic heterocycles. The molecule has 3 N–H and O–H groups in total. The number of amides is 2. The van der Waals surface area contributed by atoms with Crippen LogP contribution in [0.4, 0.5) is 34.9 Å². The van der Waals surface area contributed by atoms with Crippen LogP contribution in [0.3, 0.4) is 0 Å². The topological polar surface area (TPSA) is 152 Å². The maximum absolute atomic E-state index is 14.4. The summed E-state index contributed by atoms with van der Waals surface area (Å²) in [4.78, 5) is 59.7. The van der Waals surface area contributed by atoms with Crippen molar-refractivity contribution in [3.8, 4) is 0 Å². The van der Waals surface area contributed by atoms with Crippen LogP contribution >= 0.6 is 11.6 Å². The van der Waals surface area contributed by atoms with Gasteiger partial charge < -0.3 is 30.2 Å². The van der Waals surface area contributed by atoms with Crippen molar-refractivity contribution in [2.45, 2.75) is 26.1 Å². The zero-order valence-electron chi connectivity index (χ0n) is 25.6. The third-order valence-corrected chi connectivity index (χ3v) is 7.84. The highest BCUT2D eigenvalue weighted by molar-refractivity contribution is 6.33. The maximum Gasteiger partial charge on any atom is 0.416 e. The van der Waals surface area contributed by atoms with Gasteiger partial charge in [-0.05, 0) is 42.8 Å². The van der Waals surface area contributed by atoms with Crippen LogP contribution in [0.1, 0.15) is 38.9 Å². The van der Waals surface area contributed by atoms with Gasteiger partial charge in [-0.15, -0.1) is 5.10 Å². The van der Waals surface area contributed by atoms with E-state index in [1.165, 1.54) is 16.7 Å². The summed E-state index contributed by atoms with van der Waals surface area (Å²) in [7, 11) is 1.58. The lowest BCUT2D eigenvalue weighted by atomic mass is 10.1. The van der Waals surface area contributed by atoms with E-state index in [9.17, 15) is 36.7 Å². The number of aromatic nitrogens is 4. The first kappa shape index (κ1) is 34.3. The van der Waals surface area contributed by atoms with Crippen LogP contribution in [0.15, 0.2) is 41.2 Å². The number of ether oxygens (including phenoxy) is 1. The fourth-order valence-electron chi connectivity index (χ4n) is 5.13. The van der Waals surface area contributed by atoms with Gasteiger partial charge in [0.15, 0.2) is 5.78 Å². The van der Waals surface area contributed by atoms with Crippen molar-refractivity contribution in [3.05, 3.63) is 80.0 Å². The Morgan fingerprint density at radius 1 is 1.08 bits per heavy atom. The summed E-state index contributed by atoms with van der Waals surface area (Å²) in [6, 6.07) is 6.21. The van der Waals surface area contributed by atoms with Crippen LogP contribution in [-0.2, 0) is 28.7 Å². The van der Waals surface area contributed by atoms with Crippen molar-refractivity contribution in [2.75, 3.05) is 55.4 Å². The normalized spacial score (nSPS) is 13.4. The van der Waals surface area contributed by atoms with Gasteiger partial charge in [0.2, 0.25) is 17.6 Å². The smallest absolute Gasteiger partial charge is 0.388 e. The molecular formula is C30H29ClF4N8O5. The lowest BCUT2D eigenvalue weighted by Crippen LogP contribution is -2.37. The lowest BCUT2D eigenvalue weighted by Gasteiger charge is -2.25. The van der Waals surface area contributed by atoms with Crippen molar-refractivity contribution >= 4 is 52.3 Å². The van der Waals surface area contributed by atoms with Crippen molar-refractivity contribution in [1.29, 1.82) is 0 Å². The first-order valence-corrected chi connectivity index (χ1v) is 15.0. The number of ketones is 1. The average molecular weight is 693 g/mol. The predicted octanol–water partition coefficient (Wildman–Crippen LogP) is 3.39. The van der Waals surface area contributed by atoms with E-state index < -0.39 is 59.4 Å². The Labute approximate surface area is 274 Å². The predicted molar refractivity (Wildman–Crippen MR) is 167 cm³/mol. The molecule has 0 saturated carbocycles. The second-order valence-corrected chi connectivity index (χ2v) is 11.0. The largest absolute Gasteiger partial charge is 0.416 e. The molecule has 254 valence electrons. The molecule has 1 aliphatic rings. The number of morpholine rings is 1. The summed E-state index contributed by atoms with van der Waals surface area (Å²) in [5.41, 5.74) is -2.17. The van der Waals surface area contributed by atoms with Crippen LogP contribution in [0, 0.1) is 5.82 Å². The highest BCUT2D eigenvalue weighted by Gasteiger charge is 2.31. The Morgan fingerprint density at radius 2 is 1.81 bits per heavy atom. The Morgan fingerprint density at radius 3 is 2.46 bits per heavy atom. The van der Waals surface area contributed by atoms with E-state index >= 15 is 0 Å². The third-order valence-electron chi connectivity index (χ3n) is 7.53. The number of benzene rings is 2. The van der Waals surface area contributed by atoms with Crippen LogP contribution in [0.2, 0.25) is 5.02 Å². The molecule has 1 fully saturated rings. The van der Waals surface area contributed by atoms with E-state index in [4.69, 9.17) is 16.3 Å². The van der Waals surface area contributed by atoms with Gasteiger partial charge in [0.25, 0.3) is 11.5 Å². The van der Waals surface area contributed by atoms with Crippen molar-refractivity contribution < 1.29 is 36.7 Å². The number of alkyl halides is 3. The number of fused-ring (bicyclic) bond motifs is 1. The van der Waals surface area contributed by atoms with Gasteiger partial charge in [-0.25, -0.2) is 4.39 Å². The van der Waals surface area contributed by atoms with E-state index in [1.807, 2.05) is 0 Å². The number of rotatable bonds is 10. The molecule has 0 atom stereocenters. The molecule has 2 amide bonds. The standard InChI is InChI=1S/C30H29ClF4N8O5/c1-3-22-25(23(44)14-37-26(46)18-13-17(36-2)5-6-20(18)32)27(47)43-29(39-28(40-43)41-8-10-48-11-9-41)42(22)15-24(45)38-21-7-4-16(12-19(21)31)30(33,34)35/h4-7,12-13,36H,3,8-11,14-15H2,1-2H3,(H,37,46)(H,38,45). The molecule has 2 aromatic heterocycles. The number of Topliss-reactive ketones (excluding diaryl/α,β-unsaturated/α-hetero) is 1. The Kier molecular flexibility index (Phi) is 10.00. The van der Waals surface area contributed by atoms with Gasteiger partial charge in [0.1, 0.15) is 17.9 Å². The van der Waals surface area contributed by atoms with E-state index in [0.717, 1.165) is 22.7 Å². The van der Waals surface area contributed by atoms with Crippen LogP contribution in [0.25, 0.3) is 5.78 Å². The summed E-state index contributed by atoms with van der Waals surface area (Å²) in [5.74, 6) is -3.29. The van der Waals surface area contributed by atoms with Crippen LogP contribution in [0.5, 0.6) is 0 Å². The second-order valence-electron chi connectivity index (χ2n) is 10.6. The van der Waals surface area contributed by atoms with E-state index in [1.54, 1.807) is 18.9 Å². The number of anilines is 3. The fourth-order valence-corrected chi connectivity index (χ4v) is 5.35. The minimum atomic E-state index is -4.65. The highest BCUT2D eigenvalue weighted by atomic mass is 35.5. The Bertz CT molecular complexity index is 1960. The number of nitrogens with one attached hydrogen (secondary N) is 3. The van der Waals surface area contributed by atoms with Gasteiger partial charge in [-0.2, -0.15) is 22.7 Å². The number of carbonyl (C=O) groups excluding carboxylic acids is 3. The molecule has 4 aromatic rings. The molecule has 48 heavy (non-hydrogen) atoms. The molecule has 18 heteroatoms. The minimum absolute atomic E-state index is 0.0354. The molecular weight excluding hydrogens is 664 g/mol. The van der Waals surface area contributed by atoms with Crippen molar-refractivity contribution in [2.24, 2.45) is 0 Å². The van der Waals surface area contributed by atoms with Crippen molar-refractivity contribution in [1.82, 2.24) is 24.5 Å². The zero-order valence-corrected chi connectivity index (χ0v) is 26.3.